The Morgan fingerprint density at radius 2 is 2.04 bits per heavy atom. The summed E-state index contributed by atoms with van der Waals surface area (Å²) in [6.07, 6.45) is 0. The van der Waals surface area contributed by atoms with Crippen LogP contribution in [0.15, 0.2) is 35.7 Å². The molecule has 0 fully saturated rings. The van der Waals surface area contributed by atoms with E-state index in [1.165, 1.54) is 0 Å². The van der Waals surface area contributed by atoms with Gasteiger partial charge in [0.2, 0.25) is 5.88 Å². The van der Waals surface area contributed by atoms with Crippen molar-refractivity contribution < 1.29 is 14.1 Å². The zero-order valence-electron chi connectivity index (χ0n) is 14.3. The van der Waals surface area contributed by atoms with E-state index in [1.54, 1.807) is 23.3 Å². The zero-order chi connectivity index (χ0) is 17.1. The van der Waals surface area contributed by atoms with Crippen molar-refractivity contribution in [2.45, 2.75) is 26.6 Å². The first-order chi connectivity index (χ1) is 11.5. The number of anilines is 1. The lowest BCUT2D eigenvalue weighted by molar-refractivity contribution is -0.780. The Labute approximate surface area is 144 Å². The summed E-state index contributed by atoms with van der Waals surface area (Å²) >= 11 is 1.60. The van der Waals surface area contributed by atoms with Crippen LogP contribution in [0, 0.1) is 0 Å². The summed E-state index contributed by atoms with van der Waals surface area (Å²) in [7, 11) is 1.78. The Kier molecular flexibility index (Phi) is 3.25. The minimum Gasteiger partial charge on any atom is -0.412 e. The smallest absolute Gasteiger partial charge is 0.412 e. The molecule has 0 radical (unpaired) electrons. The molecule has 1 atom stereocenters. The number of nitrogens with one attached hydrogen (secondary N) is 1. The third kappa shape index (κ3) is 1.76. The van der Waals surface area contributed by atoms with E-state index in [1.807, 2.05) is 19.1 Å². The molecule has 2 amide bonds. The first-order valence-corrected chi connectivity index (χ1v) is 9.00. The van der Waals surface area contributed by atoms with Crippen molar-refractivity contribution in [3.8, 4) is 0 Å². The van der Waals surface area contributed by atoms with Gasteiger partial charge in [0.15, 0.2) is 5.52 Å². The minimum atomic E-state index is -0.920. The average Bonchev–Trinajstić information content (AvgIpc) is 2.99. The highest BCUT2D eigenvalue weighted by Gasteiger charge is 2.61. The zero-order valence-corrected chi connectivity index (χ0v) is 15.1. The SMILES string of the molecule is CCN(CC)C1=C(C)C2(NC(=O)N(C)c3sc4ccccc4[n+]32)O1. The van der Waals surface area contributed by atoms with E-state index < -0.39 is 5.85 Å². The fourth-order valence-corrected chi connectivity index (χ4v) is 4.55. The lowest BCUT2D eigenvalue weighted by Crippen LogP contribution is -2.77. The average molecular weight is 345 g/mol. The van der Waals surface area contributed by atoms with Gasteiger partial charge in [-0.3, -0.25) is 0 Å². The first kappa shape index (κ1) is 15.3. The number of aromatic nitrogens is 1. The van der Waals surface area contributed by atoms with Crippen LogP contribution in [0.4, 0.5) is 9.93 Å². The number of benzene rings is 1. The summed E-state index contributed by atoms with van der Waals surface area (Å²) in [5.41, 5.74) is 2.09. The number of fused-ring (bicyclic) bond motifs is 4. The number of para-hydroxylation sites is 1. The van der Waals surface area contributed by atoms with Gasteiger partial charge in [0.1, 0.15) is 0 Å². The molecular weight excluding hydrogens is 324 g/mol. The van der Waals surface area contributed by atoms with E-state index in [2.05, 4.69) is 40.8 Å². The number of carbonyl (C=O) groups excluding carboxylic acids is 1. The normalized spacial score (nSPS) is 22.3. The second kappa shape index (κ2) is 5.11. The highest BCUT2D eigenvalue weighted by Crippen LogP contribution is 2.43. The van der Waals surface area contributed by atoms with Crippen molar-refractivity contribution in [3.63, 3.8) is 0 Å². The Morgan fingerprint density at radius 3 is 2.71 bits per heavy atom. The highest BCUT2D eigenvalue weighted by molar-refractivity contribution is 7.21. The predicted octanol–water partition coefficient (Wildman–Crippen LogP) is 2.56. The molecule has 0 bridgehead atoms. The molecule has 3 heterocycles. The van der Waals surface area contributed by atoms with Gasteiger partial charge in [0.05, 0.1) is 17.3 Å². The second-order valence-electron chi connectivity index (χ2n) is 6.03. The number of carbonyl (C=O) groups is 1. The Hall–Kier alpha value is -2.28. The molecule has 1 spiro atoms. The molecule has 2 aliphatic heterocycles. The Balaban J connectivity index is 1.94. The molecule has 126 valence electrons. The predicted molar refractivity (Wildman–Crippen MR) is 93.6 cm³/mol. The largest absolute Gasteiger partial charge is 0.415 e. The minimum absolute atomic E-state index is 0.153. The van der Waals surface area contributed by atoms with Crippen LogP contribution in [0.25, 0.3) is 10.2 Å². The van der Waals surface area contributed by atoms with Crippen LogP contribution in [0.2, 0.25) is 0 Å². The molecule has 6 nitrogen and oxygen atoms in total. The van der Waals surface area contributed by atoms with E-state index in [-0.39, 0.29) is 6.03 Å². The van der Waals surface area contributed by atoms with Crippen molar-refractivity contribution >= 4 is 32.7 Å². The van der Waals surface area contributed by atoms with Gasteiger partial charge in [-0.1, -0.05) is 12.1 Å². The summed E-state index contributed by atoms with van der Waals surface area (Å²) in [4.78, 5) is 16.3. The Bertz CT molecular complexity index is 871. The summed E-state index contributed by atoms with van der Waals surface area (Å²) < 4.78 is 9.47. The molecule has 1 N–H and O–H groups in total. The maximum Gasteiger partial charge on any atom is 0.415 e. The third-order valence-electron chi connectivity index (χ3n) is 4.81. The third-order valence-corrected chi connectivity index (χ3v) is 6.01. The molecule has 24 heavy (non-hydrogen) atoms. The number of hydrogen-bond donors (Lipinski definition) is 1. The van der Waals surface area contributed by atoms with Crippen molar-refractivity contribution in [2.24, 2.45) is 0 Å². The summed E-state index contributed by atoms with van der Waals surface area (Å²) in [5.74, 6) is -0.0604. The Morgan fingerprint density at radius 1 is 1.33 bits per heavy atom. The van der Waals surface area contributed by atoms with Crippen molar-refractivity contribution in [3.05, 3.63) is 35.7 Å². The number of rotatable bonds is 3. The number of nitrogens with zero attached hydrogens (tertiary/aromatic N) is 3. The van der Waals surface area contributed by atoms with Crippen LogP contribution in [-0.2, 0) is 10.6 Å². The number of thiazole rings is 1. The van der Waals surface area contributed by atoms with Crippen molar-refractivity contribution in [1.82, 2.24) is 10.2 Å². The molecule has 1 aromatic carbocycles. The van der Waals surface area contributed by atoms with Gasteiger partial charge in [-0.15, -0.1) is 0 Å². The lowest BCUT2D eigenvalue weighted by Gasteiger charge is -2.46. The van der Waals surface area contributed by atoms with Crippen LogP contribution in [0.5, 0.6) is 0 Å². The summed E-state index contributed by atoms with van der Waals surface area (Å²) in [5, 5.41) is 3.92. The molecule has 0 saturated heterocycles. The molecular formula is C17H21N4O2S+. The summed E-state index contributed by atoms with van der Waals surface area (Å²) in [6.45, 7) is 7.98. The molecule has 1 aromatic heterocycles. The fraction of sp³-hybridized carbons (Fsp3) is 0.412. The van der Waals surface area contributed by atoms with E-state index in [4.69, 9.17) is 4.74 Å². The van der Waals surface area contributed by atoms with Gasteiger partial charge < -0.3 is 9.64 Å². The maximum absolute atomic E-state index is 12.5. The van der Waals surface area contributed by atoms with Crippen LogP contribution >= 0.6 is 11.3 Å². The second-order valence-corrected chi connectivity index (χ2v) is 7.03. The van der Waals surface area contributed by atoms with Crippen LogP contribution < -0.4 is 14.8 Å². The van der Waals surface area contributed by atoms with Gasteiger partial charge in [-0.25, -0.2) is 10.1 Å². The van der Waals surface area contributed by atoms with E-state index in [0.717, 1.165) is 39.9 Å². The number of amides is 2. The van der Waals surface area contributed by atoms with Gasteiger partial charge in [-0.2, -0.15) is 9.47 Å². The quantitative estimate of drug-likeness (QED) is 0.870. The number of urea groups is 1. The van der Waals surface area contributed by atoms with E-state index in [0.29, 0.717) is 0 Å². The molecule has 0 saturated carbocycles. The van der Waals surface area contributed by atoms with Gasteiger partial charge >= 0.3 is 17.0 Å². The van der Waals surface area contributed by atoms with Gasteiger partial charge in [-0.05, 0) is 44.2 Å². The molecule has 7 heteroatoms. The molecule has 4 rings (SSSR count). The molecule has 1 unspecified atom stereocenters. The molecule has 2 aliphatic rings. The monoisotopic (exact) mass is 345 g/mol. The van der Waals surface area contributed by atoms with Crippen LogP contribution in [0.3, 0.4) is 0 Å². The summed E-state index contributed by atoms with van der Waals surface area (Å²) in [6, 6.07) is 8.00. The molecule has 0 aliphatic carbocycles. The van der Waals surface area contributed by atoms with Gasteiger partial charge in [0.25, 0.3) is 0 Å². The van der Waals surface area contributed by atoms with E-state index >= 15 is 0 Å². The van der Waals surface area contributed by atoms with E-state index in [9.17, 15) is 4.79 Å². The van der Waals surface area contributed by atoms with Crippen LogP contribution in [0.1, 0.15) is 20.8 Å². The fourth-order valence-electron chi connectivity index (χ4n) is 3.41. The molecule has 2 aromatic rings. The highest BCUT2D eigenvalue weighted by atomic mass is 32.1. The first-order valence-electron chi connectivity index (χ1n) is 8.18. The standard InChI is InChI=1S/C17H20N4O2S/c1-5-20(6-2)14-11(3)17(23-14)18-15(22)19(4)16-21(17)12-9-7-8-10-13(12)24-16/h7-10H,5-6H2,1-4H3/p+1. The van der Waals surface area contributed by atoms with Crippen LogP contribution in [-0.4, -0.2) is 31.1 Å². The maximum atomic E-state index is 12.5. The number of hydrogen-bond acceptors (Lipinski definition) is 4. The van der Waals surface area contributed by atoms with Crippen molar-refractivity contribution in [1.29, 1.82) is 0 Å². The topological polar surface area (TPSA) is 48.7 Å². The number of ether oxygens (including phenoxy) is 1. The lowest BCUT2D eigenvalue weighted by atomic mass is 10.1. The van der Waals surface area contributed by atoms with Crippen molar-refractivity contribution in [2.75, 3.05) is 25.0 Å². The van der Waals surface area contributed by atoms with Gasteiger partial charge in [0, 0.05) is 13.1 Å².